The maximum atomic E-state index is 12.2. The molecular formula is C21H21ClN2O5. The summed E-state index contributed by atoms with van der Waals surface area (Å²) in [6, 6.07) is 15.0. The smallest absolute Gasteiger partial charge is 0.306 e. The fraction of sp³-hybridized carbons (Fsp3) is 0.238. The van der Waals surface area contributed by atoms with Crippen LogP contribution in [0.25, 0.3) is 0 Å². The molecule has 0 radical (unpaired) electrons. The van der Waals surface area contributed by atoms with E-state index in [2.05, 4.69) is 10.9 Å². The first-order valence-electron chi connectivity index (χ1n) is 9.01. The van der Waals surface area contributed by atoms with E-state index in [0.29, 0.717) is 5.56 Å². The van der Waals surface area contributed by atoms with Crippen molar-refractivity contribution in [3.63, 3.8) is 0 Å². The molecule has 0 heterocycles. The average Bonchev–Trinajstić information content (AvgIpc) is 2.72. The average molecular weight is 417 g/mol. The van der Waals surface area contributed by atoms with Crippen molar-refractivity contribution in [3.05, 3.63) is 70.7 Å². The van der Waals surface area contributed by atoms with Gasteiger partial charge in [0, 0.05) is 18.4 Å². The lowest BCUT2D eigenvalue weighted by Gasteiger charge is -2.12. The third-order valence-electron chi connectivity index (χ3n) is 3.95. The van der Waals surface area contributed by atoms with E-state index in [4.69, 9.17) is 16.3 Å². The Kier molecular flexibility index (Phi) is 8.36. The van der Waals surface area contributed by atoms with Crippen molar-refractivity contribution in [2.24, 2.45) is 0 Å². The van der Waals surface area contributed by atoms with Crippen LogP contribution in [0.1, 0.15) is 46.9 Å². The molecule has 29 heavy (non-hydrogen) atoms. The van der Waals surface area contributed by atoms with Crippen LogP contribution in [-0.2, 0) is 14.3 Å². The number of ketones is 1. The Morgan fingerprint density at radius 2 is 1.59 bits per heavy atom. The molecule has 0 bridgehead atoms. The van der Waals surface area contributed by atoms with Crippen molar-refractivity contribution < 1.29 is 23.9 Å². The number of rotatable bonds is 8. The molecule has 2 aromatic rings. The van der Waals surface area contributed by atoms with Crippen LogP contribution >= 0.6 is 11.6 Å². The Balaban J connectivity index is 1.67. The van der Waals surface area contributed by atoms with Crippen LogP contribution < -0.4 is 10.9 Å². The van der Waals surface area contributed by atoms with Gasteiger partial charge in [-0.1, -0.05) is 54.1 Å². The Morgan fingerprint density at radius 3 is 2.28 bits per heavy atom. The first-order valence-corrected chi connectivity index (χ1v) is 9.38. The number of halogens is 1. The molecule has 0 aromatic heterocycles. The van der Waals surface area contributed by atoms with Crippen LogP contribution in [-0.4, -0.2) is 29.7 Å². The predicted octanol–water partition coefficient (Wildman–Crippen LogP) is 3.09. The van der Waals surface area contributed by atoms with Crippen LogP contribution in [0.4, 0.5) is 0 Å². The number of carbonyl (C=O) groups excluding carboxylic acids is 4. The van der Waals surface area contributed by atoms with E-state index in [9.17, 15) is 19.2 Å². The normalized spacial score (nSPS) is 11.2. The molecule has 0 aliphatic heterocycles. The zero-order valence-corrected chi connectivity index (χ0v) is 16.6. The maximum Gasteiger partial charge on any atom is 0.306 e. The molecule has 1 unspecified atom stereocenters. The van der Waals surface area contributed by atoms with Gasteiger partial charge in [0.1, 0.15) is 0 Å². The molecule has 0 spiro atoms. The summed E-state index contributed by atoms with van der Waals surface area (Å²) in [5.74, 6) is -1.88. The molecule has 2 N–H and O–H groups in total. The number of ether oxygens (including phenoxy) is 1. The molecule has 0 aliphatic rings. The van der Waals surface area contributed by atoms with Gasteiger partial charge in [-0.25, -0.2) is 0 Å². The SMILES string of the molecule is CC(OC(=O)CCCC(=O)NNC(=O)c1ccccc1Cl)C(=O)c1ccccc1. The Morgan fingerprint density at radius 1 is 0.931 bits per heavy atom. The number of hydrogen-bond acceptors (Lipinski definition) is 5. The predicted molar refractivity (Wildman–Crippen MR) is 107 cm³/mol. The zero-order valence-electron chi connectivity index (χ0n) is 15.8. The number of carbonyl (C=O) groups is 4. The van der Waals surface area contributed by atoms with Crippen molar-refractivity contribution in [3.8, 4) is 0 Å². The summed E-state index contributed by atoms with van der Waals surface area (Å²) in [6.07, 6.45) is -0.732. The molecular weight excluding hydrogens is 396 g/mol. The zero-order chi connectivity index (χ0) is 21.2. The second-order valence-corrected chi connectivity index (χ2v) is 6.61. The minimum absolute atomic E-state index is 0.00108. The van der Waals surface area contributed by atoms with Gasteiger partial charge in [-0.05, 0) is 25.5 Å². The van der Waals surface area contributed by atoms with Gasteiger partial charge in [0.15, 0.2) is 6.10 Å². The summed E-state index contributed by atoms with van der Waals surface area (Å²) < 4.78 is 5.11. The quantitative estimate of drug-likeness (QED) is 0.391. The van der Waals surface area contributed by atoms with Gasteiger partial charge in [-0.3, -0.25) is 30.0 Å². The van der Waals surface area contributed by atoms with E-state index in [1.807, 2.05) is 0 Å². The highest BCUT2D eigenvalue weighted by Crippen LogP contribution is 2.14. The van der Waals surface area contributed by atoms with E-state index in [0.717, 1.165) is 0 Å². The third kappa shape index (κ3) is 7.04. The van der Waals surface area contributed by atoms with Gasteiger partial charge in [-0.15, -0.1) is 0 Å². The topological polar surface area (TPSA) is 102 Å². The molecule has 2 aromatic carbocycles. The minimum Gasteiger partial charge on any atom is -0.454 e. The van der Waals surface area contributed by atoms with Gasteiger partial charge in [0.25, 0.3) is 5.91 Å². The Hall–Kier alpha value is -3.19. The summed E-state index contributed by atoms with van der Waals surface area (Å²) in [5.41, 5.74) is 5.21. The highest BCUT2D eigenvalue weighted by atomic mass is 35.5. The van der Waals surface area contributed by atoms with E-state index < -0.39 is 23.9 Å². The molecule has 2 amide bonds. The van der Waals surface area contributed by atoms with Gasteiger partial charge in [-0.2, -0.15) is 0 Å². The summed E-state index contributed by atoms with van der Waals surface area (Å²) in [4.78, 5) is 47.8. The molecule has 152 valence electrons. The van der Waals surface area contributed by atoms with E-state index in [1.54, 1.807) is 48.5 Å². The Bertz CT molecular complexity index is 886. The van der Waals surface area contributed by atoms with Crippen LogP contribution in [0.3, 0.4) is 0 Å². The second kappa shape index (κ2) is 11.0. The van der Waals surface area contributed by atoms with Gasteiger partial charge < -0.3 is 4.74 Å². The number of hydrazine groups is 1. The number of benzene rings is 2. The summed E-state index contributed by atoms with van der Waals surface area (Å²) >= 11 is 5.91. The fourth-order valence-corrected chi connectivity index (χ4v) is 2.66. The highest BCUT2D eigenvalue weighted by Gasteiger charge is 2.19. The van der Waals surface area contributed by atoms with Crippen molar-refractivity contribution >= 4 is 35.2 Å². The van der Waals surface area contributed by atoms with E-state index in [-0.39, 0.29) is 35.6 Å². The monoisotopic (exact) mass is 416 g/mol. The lowest BCUT2D eigenvalue weighted by atomic mass is 10.1. The van der Waals surface area contributed by atoms with Crippen molar-refractivity contribution in [1.29, 1.82) is 0 Å². The number of esters is 1. The standard InChI is InChI=1S/C21H21ClN2O5/c1-14(20(27)15-8-3-2-4-9-15)29-19(26)13-7-12-18(25)23-24-21(28)16-10-5-6-11-17(16)22/h2-6,8-11,14H,7,12-13H2,1H3,(H,23,25)(H,24,28). The Labute approximate surface area is 173 Å². The lowest BCUT2D eigenvalue weighted by Crippen LogP contribution is -2.41. The molecule has 1 atom stereocenters. The van der Waals surface area contributed by atoms with Crippen molar-refractivity contribution in [2.45, 2.75) is 32.3 Å². The fourth-order valence-electron chi connectivity index (χ4n) is 2.44. The third-order valence-corrected chi connectivity index (χ3v) is 4.28. The minimum atomic E-state index is -0.909. The van der Waals surface area contributed by atoms with Gasteiger partial charge >= 0.3 is 5.97 Å². The van der Waals surface area contributed by atoms with E-state index in [1.165, 1.54) is 13.0 Å². The molecule has 0 aliphatic carbocycles. The van der Waals surface area contributed by atoms with Crippen LogP contribution in [0.5, 0.6) is 0 Å². The largest absolute Gasteiger partial charge is 0.454 e. The summed E-state index contributed by atoms with van der Waals surface area (Å²) in [7, 11) is 0. The number of Topliss-reactive ketones (excluding diaryl/α,β-unsaturated/α-hetero) is 1. The maximum absolute atomic E-state index is 12.2. The highest BCUT2D eigenvalue weighted by molar-refractivity contribution is 6.33. The van der Waals surface area contributed by atoms with Crippen molar-refractivity contribution in [2.75, 3.05) is 0 Å². The molecule has 0 saturated carbocycles. The van der Waals surface area contributed by atoms with Gasteiger partial charge in [0.05, 0.1) is 10.6 Å². The second-order valence-electron chi connectivity index (χ2n) is 6.20. The van der Waals surface area contributed by atoms with Crippen LogP contribution in [0.2, 0.25) is 5.02 Å². The summed E-state index contributed by atoms with van der Waals surface area (Å²) in [5, 5.41) is 0.265. The first-order chi connectivity index (χ1) is 13.9. The molecule has 0 saturated heterocycles. The lowest BCUT2D eigenvalue weighted by molar-refractivity contribution is -0.146. The van der Waals surface area contributed by atoms with E-state index >= 15 is 0 Å². The number of hydrogen-bond donors (Lipinski definition) is 2. The first kappa shape index (κ1) is 22.1. The van der Waals surface area contributed by atoms with Crippen molar-refractivity contribution in [1.82, 2.24) is 10.9 Å². The molecule has 0 fully saturated rings. The van der Waals surface area contributed by atoms with Gasteiger partial charge in [0.2, 0.25) is 11.7 Å². The number of amides is 2. The van der Waals surface area contributed by atoms with Crippen LogP contribution in [0.15, 0.2) is 54.6 Å². The molecule has 8 heteroatoms. The van der Waals surface area contributed by atoms with Crippen LogP contribution in [0, 0.1) is 0 Å². The molecule has 7 nitrogen and oxygen atoms in total. The number of nitrogens with one attached hydrogen (secondary N) is 2. The molecule has 2 rings (SSSR count). The summed E-state index contributed by atoms with van der Waals surface area (Å²) in [6.45, 7) is 1.50.